The van der Waals surface area contributed by atoms with Crippen molar-refractivity contribution in [3.05, 3.63) is 59.7 Å². The van der Waals surface area contributed by atoms with Gasteiger partial charge in [0.1, 0.15) is 0 Å². The Hall–Kier alpha value is -2.71. The maximum Gasteiger partial charge on any atom is 0.251 e. The Bertz CT molecular complexity index is 893. The predicted molar refractivity (Wildman–Crippen MR) is 99.5 cm³/mol. The fourth-order valence-electron chi connectivity index (χ4n) is 2.31. The van der Waals surface area contributed by atoms with Crippen LogP contribution in [0.4, 0.5) is 5.69 Å². The van der Waals surface area contributed by atoms with E-state index in [0.717, 1.165) is 17.7 Å². The minimum atomic E-state index is -3.55. The van der Waals surface area contributed by atoms with Crippen molar-refractivity contribution in [2.75, 3.05) is 18.9 Å². The Labute approximate surface area is 152 Å². The van der Waals surface area contributed by atoms with E-state index < -0.39 is 15.9 Å². The number of anilines is 1. The molecule has 0 aliphatic rings. The van der Waals surface area contributed by atoms with Gasteiger partial charge in [-0.1, -0.05) is 25.1 Å². The highest BCUT2D eigenvalue weighted by Crippen LogP contribution is 2.15. The zero-order valence-electron chi connectivity index (χ0n) is 14.6. The van der Waals surface area contributed by atoms with Crippen LogP contribution in [0.25, 0.3) is 0 Å². The summed E-state index contributed by atoms with van der Waals surface area (Å²) in [5.74, 6) is -0.800. The fraction of sp³-hybridized carbons (Fsp3) is 0.222. The molecule has 7 nitrogen and oxygen atoms in total. The number of hydrogen-bond donors (Lipinski definition) is 3. The first kappa shape index (κ1) is 19.6. The molecular weight excluding hydrogens is 354 g/mol. The highest BCUT2D eigenvalue weighted by Gasteiger charge is 2.13. The standard InChI is InChI=1S/C18H21N3O4S/c1-3-13-6-4-5-7-16(13)21-17(22)12-20-18(23)14-8-10-15(11-9-14)26(24,25)19-2/h4-11,19H,3,12H2,1-2H3,(H,20,23)(H,21,22). The van der Waals surface area contributed by atoms with Crippen LogP contribution in [-0.4, -0.2) is 33.8 Å². The van der Waals surface area contributed by atoms with E-state index in [1.54, 1.807) is 6.07 Å². The number of rotatable bonds is 7. The van der Waals surface area contributed by atoms with Crippen LogP contribution in [0.15, 0.2) is 53.4 Å². The molecule has 0 bridgehead atoms. The maximum atomic E-state index is 12.1. The van der Waals surface area contributed by atoms with E-state index in [0.29, 0.717) is 0 Å². The zero-order chi connectivity index (χ0) is 19.2. The maximum absolute atomic E-state index is 12.1. The number of sulfonamides is 1. The van der Waals surface area contributed by atoms with Gasteiger partial charge in [-0.15, -0.1) is 0 Å². The normalized spacial score (nSPS) is 11.0. The molecule has 2 amide bonds. The van der Waals surface area contributed by atoms with Crippen molar-refractivity contribution < 1.29 is 18.0 Å². The molecule has 2 rings (SSSR count). The van der Waals surface area contributed by atoms with Crippen molar-refractivity contribution in [3.8, 4) is 0 Å². The second-order valence-corrected chi connectivity index (χ2v) is 7.36. The van der Waals surface area contributed by atoms with Crippen LogP contribution < -0.4 is 15.4 Å². The van der Waals surface area contributed by atoms with Crippen LogP contribution in [0.2, 0.25) is 0 Å². The monoisotopic (exact) mass is 375 g/mol. The average Bonchev–Trinajstić information content (AvgIpc) is 2.66. The summed E-state index contributed by atoms with van der Waals surface area (Å²) in [5, 5.41) is 5.28. The summed E-state index contributed by atoms with van der Waals surface area (Å²) in [7, 11) is -2.24. The topological polar surface area (TPSA) is 104 Å². The van der Waals surface area contributed by atoms with Crippen LogP contribution in [0.1, 0.15) is 22.8 Å². The van der Waals surface area contributed by atoms with Gasteiger partial charge in [-0.05, 0) is 49.4 Å². The lowest BCUT2D eigenvalue weighted by Crippen LogP contribution is -2.33. The van der Waals surface area contributed by atoms with Gasteiger partial charge in [-0.25, -0.2) is 13.1 Å². The molecule has 3 N–H and O–H groups in total. The van der Waals surface area contributed by atoms with Crippen LogP contribution >= 0.6 is 0 Å². The van der Waals surface area contributed by atoms with E-state index in [4.69, 9.17) is 0 Å². The lowest BCUT2D eigenvalue weighted by atomic mass is 10.1. The molecule has 0 spiro atoms. The molecule has 138 valence electrons. The summed E-state index contributed by atoms with van der Waals surface area (Å²) in [6.45, 7) is 1.80. The van der Waals surface area contributed by atoms with Gasteiger partial charge >= 0.3 is 0 Å². The van der Waals surface area contributed by atoms with E-state index >= 15 is 0 Å². The minimum absolute atomic E-state index is 0.0606. The molecule has 0 saturated carbocycles. The van der Waals surface area contributed by atoms with Gasteiger partial charge < -0.3 is 10.6 Å². The van der Waals surface area contributed by atoms with Crippen LogP contribution in [-0.2, 0) is 21.2 Å². The molecule has 8 heteroatoms. The lowest BCUT2D eigenvalue weighted by Gasteiger charge is -2.10. The Balaban J connectivity index is 1.95. The van der Waals surface area contributed by atoms with Crippen molar-refractivity contribution in [2.45, 2.75) is 18.2 Å². The van der Waals surface area contributed by atoms with Gasteiger partial charge in [0, 0.05) is 11.3 Å². The first-order chi connectivity index (χ1) is 12.4. The Morgan fingerprint density at radius 3 is 2.27 bits per heavy atom. The molecule has 0 heterocycles. The minimum Gasteiger partial charge on any atom is -0.343 e. The number of nitrogens with one attached hydrogen (secondary N) is 3. The van der Waals surface area contributed by atoms with Gasteiger partial charge in [-0.2, -0.15) is 0 Å². The highest BCUT2D eigenvalue weighted by atomic mass is 32.2. The number of aryl methyl sites for hydroxylation is 1. The third-order valence-corrected chi connectivity index (χ3v) is 5.21. The third kappa shape index (κ3) is 4.90. The number of carbonyl (C=O) groups is 2. The highest BCUT2D eigenvalue weighted by molar-refractivity contribution is 7.89. The first-order valence-electron chi connectivity index (χ1n) is 8.07. The van der Waals surface area contributed by atoms with Gasteiger partial charge in [0.25, 0.3) is 5.91 Å². The molecule has 0 aliphatic heterocycles. The van der Waals surface area contributed by atoms with Gasteiger partial charge in [0.05, 0.1) is 11.4 Å². The summed E-state index contributed by atoms with van der Waals surface area (Å²) >= 11 is 0. The van der Waals surface area contributed by atoms with E-state index in [1.165, 1.54) is 31.3 Å². The van der Waals surface area contributed by atoms with Gasteiger partial charge in [0.2, 0.25) is 15.9 Å². The van der Waals surface area contributed by atoms with E-state index in [9.17, 15) is 18.0 Å². The second-order valence-electron chi connectivity index (χ2n) is 5.47. The van der Waals surface area contributed by atoms with Crippen LogP contribution in [0.3, 0.4) is 0 Å². The van der Waals surface area contributed by atoms with Crippen LogP contribution in [0.5, 0.6) is 0 Å². The quantitative estimate of drug-likeness (QED) is 0.682. The summed E-state index contributed by atoms with van der Waals surface area (Å²) in [5.41, 5.74) is 1.99. The predicted octanol–water partition coefficient (Wildman–Crippen LogP) is 1.53. The summed E-state index contributed by atoms with van der Waals surface area (Å²) < 4.78 is 25.5. The zero-order valence-corrected chi connectivity index (χ0v) is 15.4. The summed E-state index contributed by atoms with van der Waals surface area (Å²) in [6.07, 6.45) is 0.782. The van der Waals surface area contributed by atoms with Crippen molar-refractivity contribution in [3.63, 3.8) is 0 Å². The number of hydrogen-bond acceptors (Lipinski definition) is 4. The molecule has 0 unspecified atom stereocenters. The second kappa shape index (κ2) is 8.59. The number of amides is 2. The molecule has 0 aliphatic carbocycles. The molecule has 0 fully saturated rings. The number of carbonyl (C=O) groups excluding carboxylic acids is 2. The SMILES string of the molecule is CCc1ccccc1NC(=O)CNC(=O)c1ccc(S(=O)(=O)NC)cc1. The lowest BCUT2D eigenvalue weighted by molar-refractivity contribution is -0.115. The molecule has 26 heavy (non-hydrogen) atoms. The van der Waals surface area contributed by atoms with Crippen molar-refractivity contribution >= 4 is 27.5 Å². The molecule has 0 atom stereocenters. The third-order valence-electron chi connectivity index (χ3n) is 3.78. The first-order valence-corrected chi connectivity index (χ1v) is 9.55. The van der Waals surface area contributed by atoms with Crippen LogP contribution in [0, 0.1) is 0 Å². The summed E-state index contributed by atoms with van der Waals surface area (Å²) in [4.78, 5) is 24.2. The molecule has 2 aromatic rings. The molecule has 0 radical (unpaired) electrons. The van der Waals surface area contributed by atoms with Crippen molar-refractivity contribution in [1.29, 1.82) is 0 Å². The fourth-order valence-corrected chi connectivity index (χ4v) is 3.04. The molecule has 2 aromatic carbocycles. The average molecular weight is 375 g/mol. The smallest absolute Gasteiger partial charge is 0.251 e. The molecular formula is C18H21N3O4S. The van der Waals surface area contributed by atoms with E-state index in [-0.39, 0.29) is 22.9 Å². The molecule has 0 aromatic heterocycles. The van der Waals surface area contributed by atoms with Crippen molar-refractivity contribution in [2.24, 2.45) is 0 Å². The number of benzene rings is 2. The van der Waals surface area contributed by atoms with Gasteiger partial charge in [0.15, 0.2) is 0 Å². The Kier molecular flexibility index (Phi) is 6.48. The largest absolute Gasteiger partial charge is 0.343 e. The van der Waals surface area contributed by atoms with Crippen molar-refractivity contribution in [1.82, 2.24) is 10.0 Å². The van der Waals surface area contributed by atoms with E-state index in [1.807, 2.05) is 25.1 Å². The Morgan fingerprint density at radius 1 is 1.00 bits per heavy atom. The molecule has 0 saturated heterocycles. The Morgan fingerprint density at radius 2 is 1.65 bits per heavy atom. The van der Waals surface area contributed by atoms with Gasteiger partial charge in [-0.3, -0.25) is 9.59 Å². The summed E-state index contributed by atoms with van der Waals surface area (Å²) in [6, 6.07) is 12.9. The van der Waals surface area contributed by atoms with E-state index in [2.05, 4.69) is 15.4 Å². The number of para-hydroxylation sites is 1.